The average Bonchev–Trinajstić information content (AvgIpc) is 1.99. The third-order valence-electron chi connectivity index (χ3n) is 1.77. The quantitative estimate of drug-likeness (QED) is 0.602. The Morgan fingerprint density at radius 1 is 1.36 bits per heavy atom. The van der Waals surface area contributed by atoms with Gasteiger partial charge < -0.3 is 0 Å². The van der Waals surface area contributed by atoms with Crippen LogP contribution in [0.3, 0.4) is 0 Å². The van der Waals surface area contributed by atoms with Gasteiger partial charge in [-0.1, -0.05) is 30.5 Å². The fourth-order valence-electron chi connectivity index (χ4n) is 0.942. The molecule has 58 valence electrons. The van der Waals surface area contributed by atoms with Crippen molar-refractivity contribution in [2.24, 2.45) is 0 Å². The molecule has 0 aromatic heterocycles. The zero-order valence-corrected chi connectivity index (χ0v) is 7.74. The molecule has 0 fully saturated rings. The van der Waals surface area contributed by atoms with E-state index in [4.69, 9.17) is 0 Å². The summed E-state index contributed by atoms with van der Waals surface area (Å²) in [7, 11) is 0. The Morgan fingerprint density at radius 2 is 2.09 bits per heavy atom. The van der Waals surface area contributed by atoms with E-state index in [0.29, 0.717) is 0 Å². The highest BCUT2D eigenvalue weighted by Gasteiger charge is 1.97. The van der Waals surface area contributed by atoms with Crippen LogP contribution in [0.2, 0.25) is 0 Å². The minimum Gasteiger partial charge on any atom is -0.0984 e. The maximum atomic E-state index is 3.69. The lowest BCUT2D eigenvalue weighted by molar-refractivity contribution is 1.23. The normalized spacial score (nSPS) is 9.64. The Balaban J connectivity index is 3.05. The lowest BCUT2D eigenvalue weighted by Gasteiger charge is -2.04. The van der Waals surface area contributed by atoms with Crippen LogP contribution in [-0.2, 0) is 0 Å². The lowest BCUT2D eigenvalue weighted by atomic mass is 10.1. The highest BCUT2D eigenvalue weighted by atomic mass is 32.2. The third-order valence-corrected chi connectivity index (χ3v) is 2.63. The Kier molecular flexibility index (Phi) is 2.77. The molecule has 0 aliphatic heterocycles. The molecular weight excluding hydrogens is 152 g/mol. The van der Waals surface area contributed by atoms with Crippen molar-refractivity contribution in [3.05, 3.63) is 41.3 Å². The minimum absolute atomic E-state index is 1.31. The van der Waals surface area contributed by atoms with Gasteiger partial charge in [-0.15, -0.1) is 0 Å². The summed E-state index contributed by atoms with van der Waals surface area (Å²) in [6, 6.07) is 6.32. The first-order valence-corrected chi connectivity index (χ1v) is 4.47. The average molecular weight is 164 g/mol. The van der Waals surface area contributed by atoms with Crippen LogP contribution in [0.15, 0.2) is 35.1 Å². The molecule has 1 aromatic rings. The maximum Gasteiger partial charge on any atom is 0.0147 e. The molecule has 1 rings (SSSR count). The summed E-state index contributed by atoms with van der Waals surface area (Å²) in [5.74, 6) is 0. The molecule has 0 aliphatic carbocycles. The fraction of sp³-hybridized carbons (Fsp3) is 0.200. The fourth-order valence-corrected chi connectivity index (χ4v) is 1.62. The molecule has 0 aliphatic rings. The van der Waals surface area contributed by atoms with Crippen molar-refractivity contribution in [2.75, 3.05) is 0 Å². The Morgan fingerprint density at radius 3 is 2.73 bits per heavy atom. The zero-order chi connectivity index (χ0) is 8.27. The number of hydrogen-bond acceptors (Lipinski definition) is 1. The van der Waals surface area contributed by atoms with Crippen molar-refractivity contribution >= 4 is 11.8 Å². The molecule has 0 amide bonds. The standard InChI is InChI=1S/C10H12S/c1-4-11-10-7-5-6-8(2)9(10)3/h4-7H,1H2,2-3H3. The van der Waals surface area contributed by atoms with Crippen molar-refractivity contribution in [2.45, 2.75) is 18.7 Å². The van der Waals surface area contributed by atoms with E-state index in [-0.39, 0.29) is 0 Å². The molecule has 0 radical (unpaired) electrons. The van der Waals surface area contributed by atoms with Crippen molar-refractivity contribution in [1.82, 2.24) is 0 Å². The van der Waals surface area contributed by atoms with Crippen molar-refractivity contribution < 1.29 is 0 Å². The first-order chi connectivity index (χ1) is 5.25. The highest BCUT2D eigenvalue weighted by molar-refractivity contribution is 8.02. The molecule has 1 aromatic carbocycles. The molecule has 0 heterocycles. The molecule has 0 saturated heterocycles. The van der Waals surface area contributed by atoms with Gasteiger partial charge in [0.2, 0.25) is 0 Å². The molecule has 0 nitrogen and oxygen atoms in total. The summed E-state index contributed by atoms with van der Waals surface area (Å²) < 4.78 is 0. The smallest absolute Gasteiger partial charge is 0.0147 e. The predicted octanol–water partition coefficient (Wildman–Crippen LogP) is 3.54. The topological polar surface area (TPSA) is 0 Å². The van der Waals surface area contributed by atoms with Crippen LogP contribution in [0.1, 0.15) is 11.1 Å². The Hall–Kier alpha value is -0.690. The van der Waals surface area contributed by atoms with Crippen LogP contribution < -0.4 is 0 Å². The summed E-state index contributed by atoms with van der Waals surface area (Å²) in [6.07, 6.45) is 0. The monoisotopic (exact) mass is 164 g/mol. The van der Waals surface area contributed by atoms with Crippen LogP contribution in [0.5, 0.6) is 0 Å². The Labute approximate surface area is 72.3 Å². The number of hydrogen-bond donors (Lipinski definition) is 0. The molecule has 11 heavy (non-hydrogen) atoms. The molecular formula is C10H12S. The lowest BCUT2D eigenvalue weighted by Crippen LogP contribution is -1.81. The van der Waals surface area contributed by atoms with Gasteiger partial charge in [0.1, 0.15) is 0 Å². The van der Waals surface area contributed by atoms with E-state index in [1.165, 1.54) is 16.0 Å². The SMILES string of the molecule is C=CSc1cccc(C)c1C. The molecule has 0 atom stereocenters. The van der Waals surface area contributed by atoms with Gasteiger partial charge in [0.05, 0.1) is 0 Å². The van der Waals surface area contributed by atoms with Gasteiger partial charge in [0, 0.05) is 4.90 Å². The van der Waals surface area contributed by atoms with Crippen molar-refractivity contribution in [3.63, 3.8) is 0 Å². The van der Waals surface area contributed by atoms with Gasteiger partial charge in [-0.05, 0) is 36.4 Å². The van der Waals surface area contributed by atoms with Gasteiger partial charge >= 0.3 is 0 Å². The maximum absolute atomic E-state index is 3.69. The van der Waals surface area contributed by atoms with Gasteiger partial charge in [0.25, 0.3) is 0 Å². The first kappa shape index (κ1) is 8.41. The van der Waals surface area contributed by atoms with Gasteiger partial charge in [0.15, 0.2) is 0 Å². The van der Waals surface area contributed by atoms with Crippen molar-refractivity contribution in [3.8, 4) is 0 Å². The zero-order valence-electron chi connectivity index (χ0n) is 6.92. The van der Waals surface area contributed by atoms with Crippen LogP contribution in [-0.4, -0.2) is 0 Å². The van der Waals surface area contributed by atoms with E-state index >= 15 is 0 Å². The first-order valence-electron chi connectivity index (χ1n) is 3.59. The number of thioether (sulfide) groups is 1. The van der Waals surface area contributed by atoms with Gasteiger partial charge in [-0.2, -0.15) is 0 Å². The number of rotatable bonds is 2. The summed E-state index contributed by atoms with van der Waals surface area (Å²) in [6.45, 7) is 7.96. The largest absolute Gasteiger partial charge is 0.0984 e. The van der Waals surface area contributed by atoms with Crippen LogP contribution in [0, 0.1) is 13.8 Å². The number of aryl methyl sites for hydroxylation is 1. The second-order valence-electron chi connectivity index (χ2n) is 2.48. The summed E-state index contributed by atoms with van der Waals surface area (Å²) in [5, 5.41) is 1.86. The molecule has 0 N–H and O–H groups in total. The van der Waals surface area contributed by atoms with Crippen LogP contribution >= 0.6 is 11.8 Å². The van der Waals surface area contributed by atoms with E-state index in [2.05, 4.69) is 38.6 Å². The van der Waals surface area contributed by atoms with Crippen LogP contribution in [0.4, 0.5) is 0 Å². The van der Waals surface area contributed by atoms with Gasteiger partial charge in [-0.25, -0.2) is 0 Å². The second kappa shape index (κ2) is 3.63. The van der Waals surface area contributed by atoms with E-state index in [1.807, 2.05) is 5.41 Å². The van der Waals surface area contributed by atoms with Gasteiger partial charge in [-0.3, -0.25) is 0 Å². The van der Waals surface area contributed by atoms with Crippen molar-refractivity contribution in [1.29, 1.82) is 0 Å². The molecule has 0 saturated carbocycles. The molecule has 0 bridgehead atoms. The van der Waals surface area contributed by atoms with E-state index in [9.17, 15) is 0 Å². The summed E-state index contributed by atoms with van der Waals surface area (Å²) in [5.41, 5.74) is 2.70. The Bertz CT molecular complexity index is 264. The van der Waals surface area contributed by atoms with E-state index in [1.54, 1.807) is 11.8 Å². The second-order valence-corrected chi connectivity index (χ2v) is 3.49. The minimum atomic E-state index is 1.31. The third kappa shape index (κ3) is 1.87. The molecule has 0 spiro atoms. The predicted molar refractivity (Wildman–Crippen MR) is 52.0 cm³/mol. The summed E-state index contributed by atoms with van der Waals surface area (Å²) in [4.78, 5) is 1.31. The highest BCUT2D eigenvalue weighted by Crippen LogP contribution is 2.24. The molecule has 1 heteroatoms. The summed E-state index contributed by atoms with van der Waals surface area (Å²) >= 11 is 1.68. The number of benzene rings is 1. The van der Waals surface area contributed by atoms with Crippen LogP contribution in [0.25, 0.3) is 0 Å². The van der Waals surface area contributed by atoms with E-state index in [0.717, 1.165) is 0 Å². The van der Waals surface area contributed by atoms with E-state index < -0.39 is 0 Å². The molecule has 0 unspecified atom stereocenters.